The first-order valence-corrected chi connectivity index (χ1v) is 7.62. The summed E-state index contributed by atoms with van der Waals surface area (Å²) in [5.41, 5.74) is 8.96. The monoisotopic (exact) mass is 360 g/mol. The molecule has 5 nitrogen and oxygen atoms in total. The molecule has 26 heavy (non-hydrogen) atoms. The molecule has 0 unspecified atom stereocenters. The molecule has 0 bridgehead atoms. The first kappa shape index (κ1) is 17.5. The van der Waals surface area contributed by atoms with E-state index in [0.29, 0.717) is 5.95 Å². The molecule has 0 fully saturated rings. The van der Waals surface area contributed by atoms with E-state index < -0.39 is 6.36 Å². The van der Waals surface area contributed by atoms with Gasteiger partial charge in [0.15, 0.2) is 0 Å². The van der Waals surface area contributed by atoms with Crippen molar-refractivity contribution in [1.82, 2.24) is 9.66 Å². The Morgan fingerprint density at radius 2 is 1.62 bits per heavy atom. The molecule has 134 valence electrons. The van der Waals surface area contributed by atoms with E-state index in [1.807, 2.05) is 31.2 Å². The fraction of sp³-hybridized carbons (Fsp3) is 0.111. The molecule has 0 radical (unpaired) electrons. The molecule has 0 saturated carbocycles. The molecule has 0 atom stereocenters. The topological polar surface area (TPSA) is 65.4 Å². The summed E-state index contributed by atoms with van der Waals surface area (Å²) in [5, 5.41) is 4.23. The van der Waals surface area contributed by atoms with Crippen LogP contribution in [-0.2, 0) is 0 Å². The van der Waals surface area contributed by atoms with Crippen LogP contribution in [0.15, 0.2) is 59.8 Å². The highest BCUT2D eigenvalue weighted by molar-refractivity contribution is 5.81. The van der Waals surface area contributed by atoms with Crippen molar-refractivity contribution in [3.63, 3.8) is 0 Å². The van der Waals surface area contributed by atoms with Gasteiger partial charge < -0.3 is 10.5 Å². The highest BCUT2D eigenvalue weighted by atomic mass is 19.4. The van der Waals surface area contributed by atoms with Gasteiger partial charge in [0.1, 0.15) is 5.75 Å². The van der Waals surface area contributed by atoms with Crippen molar-refractivity contribution < 1.29 is 17.9 Å². The summed E-state index contributed by atoms with van der Waals surface area (Å²) in [5.74, 6) is 0.0507. The third-order valence-electron chi connectivity index (χ3n) is 3.50. The number of nitrogen functional groups attached to an aromatic ring is 1. The summed E-state index contributed by atoms with van der Waals surface area (Å²) in [6, 6.07) is 13.1. The van der Waals surface area contributed by atoms with E-state index in [9.17, 15) is 13.2 Å². The van der Waals surface area contributed by atoms with Crippen LogP contribution >= 0.6 is 0 Å². The van der Waals surface area contributed by atoms with Gasteiger partial charge in [-0.2, -0.15) is 5.10 Å². The third kappa shape index (κ3) is 4.41. The Labute approximate surface area is 147 Å². The van der Waals surface area contributed by atoms with E-state index in [-0.39, 0.29) is 5.75 Å². The number of nitrogens with zero attached hydrogens (tertiary/aromatic N) is 3. The van der Waals surface area contributed by atoms with E-state index in [4.69, 9.17) is 5.73 Å². The number of benzene rings is 2. The van der Waals surface area contributed by atoms with Gasteiger partial charge in [0.25, 0.3) is 0 Å². The van der Waals surface area contributed by atoms with Crippen LogP contribution in [-0.4, -0.2) is 22.2 Å². The maximum Gasteiger partial charge on any atom is 0.573 e. The van der Waals surface area contributed by atoms with Crippen LogP contribution in [0, 0.1) is 6.92 Å². The highest BCUT2D eigenvalue weighted by Gasteiger charge is 2.30. The Bertz CT molecular complexity index is 913. The minimum Gasteiger partial charge on any atom is -0.406 e. The molecule has 0 saturated heterocycles. The van der Waals surface area contributed by atoms with Gasteiger partial charge in [0.2, 0.25) is 5.95 Å². The normalized spacial score (nSPS) is 11.8. The molecule has 1 aromatic heterocycles. The number of halogens is 3. The van der Waals surface area contributed by atoms with E-state index in [2.05, 4.69) is 14.8 Å². The number of aryl methyl sites for hydroxylation is 1. The fourth-order valence-corrected chi connectivity index (χ4v) is 2.34. The number of nitrogens with two attached hydrogens (primary N) is 1. The van der Waals surface area contributed by atoms with Gasteiger partial charge in [0, 0.05) is 0 Å². The Morgan fingerprint density at radius 1 is 1.04 bits per heavy atom. The van der Waals surface area contributed by atoms with E-state index in [1.165, 1.54) is 16.8 Å². The summed E-state index contributed by atoms with van der Waals surface area (Å²) in [6.07, 6.45) is -1.34. The lowest BCUT2D eigenvalue weighted by Gasteiger charge is -2.09. The van der Waals surface area contributed by atoms with Crippen LogP contribution in [0.25, 0.3) is 11.1 Å². The minimum atomic E-state index is -4.69. The van der Waals surface area contributed by atoms with Gasteiger partial charge in [-0.15, -0.1) is 13.2 Å². The molecular weight excluding hydrogens is 345 g/mol. The van der Waals surface area contributed by atoms with Crippen LogP contribution in [0.5, 0.6) is 5.75 Å². The SMILES string of the molecule is Cc1cn(N=Cc2ccc(-c3ccc(OC(F)(F)F)cc3)cc2)c(N)n1. The minimum absolute atomic E-state index is 0.252. The van der Waals surface area contributed by atoms with Gasteiger partial charge >= 0.3 is 6.36 Å². The molecular formula is C18H15F3N4O. The zero-order chi connectivity index (χ0) is 18.7. The largest absolute Gasteiger partial charge is 0.573 e. The van der Waals surface area contributed by atoms with E-state index in [1.54, 1.807) is 24.5 Å². The van der Waals surface area contributed by atoms with Crippen molar-refractivity contribution in [1.29, 1.82) is 0 Å². The summed E-state index contributed by atoms with van der Waals surface area (Å²) in [6.45, 7) is 1.82. The number of rotatable bonds is 4. The van der Waals surface area contributed by atoms with E-state index >= 15 is 0 Å². The number of imidazole rings is 1. The standard InChI is InChI=1S/C18H15F3N4O/c1-12-11-25(17(22)24-12)23-10-13-2-4-14(5-3-13)15-6-8-16(9-7-15)26-18(19,20)21/h2-11H,1H3,(H2,22,24). The molecule has 8 heteroatoms. The van der Waals surface area contributed by atoms with E-state index in [0.717, 1.165) is 22.4 Å². The zero-order valence-electron chi connectivity index (χ0n) is 13.7. The molecule has 0 aliphatic carbocycles. The molecule has 0 aliphatic heterocycles. The number of aromatic nitrogens is 2. The highest BCUT2D eigenvalue weighted by Crippen LogP contribution is 2.26. The average molecular weight is 360 g/mol. The van der Waals surface area contributed by atoms with Gasteiger partial charge in [-0.1, -0.05) is 36.4 Å². The quantitative estimate of drug-likeness (QED) is 0.709. The second-order valence-corrected chi connectivity index (χ2v) is 5.52. The number of alkyl halides is 3. The first-order valence-electron chi connectivity index (χ1n) is 7.62. The maximum atomic E-state index is 12.2. The second-order valence-electron chi connectivity index (χ2n) is 5.52. The molecule has 0 aliphatic rings. The lowest BCUT2D eigenvalue weighted by atomic mass is 10.0. The molecule has 1 heterocycles. The summed E-state index contributed by atoms with van der Waals surface area (Å²) in [7, 11) is 0. The van der Waals surface area contributed by atoms with Crippen molar-refractivity contribution in [2.45, 2.75) is 13.3 Å². The lowest BCUT2D eigenvalue weighted by molar-refractivity contribution is -0.274. The van der Waals surface area contributed by atoms with Crippen LogP contribution in [0.2, 0.25) is 0 Å². The van der Waals surface area contributed by atoms with Gasteiger partial charge in [-0.3, -0.25) is 0 Å². The Kier molecular flexibility index (Phi) is 4.66. The molecule has 3 rings (SSSR count). The average Bonchev–Trinajstić information content (AvgIpc) is 2.90. The van der Waals surface area contributed by atoms with Gasteiger partial charge in [-0.25, -0.2) is 9.66 Å². The zero-order valence-corrected chi connectivity index (χ0v) is 13.7. The smallest absolute Gasteiger partial charge is 0.406 e. The predicted molar refractivity (Wildman–Crippen MR) is 92.9 cm³/mol. The number of anilines is 1. The number of ether oxygens (including phenoxy) is 1. The lowest BCUT2D eigenvalue weighted by Crippen LogP contribution is -2.16. The second kappa shape index (κ2) is 6.91. The van der Waals surface area contributed by atoms with Crippen molar-refractivity contribution in [2.24, 2.45) is 5.10 Å². The van der Waals surface area contributed by atoms with Crippen molar-refractivity contribution in [2.75, 3.05) is 5.73 Å². The van der Waals surface area contributed by atoms with Crippen molar-refractivity contribution >= 4 is 12.2 Å². The third-order valence-corrected chi connectivity index (χ3v) is 3.50. The molecule has 0 amide bonds. The van der Waals surface area contributed by atoms with Crippen molar-refractivity contribution in [3.8, 4) is 16.9 Å². The van der Waals surface area contributed by atoms with Gasteiger partial charge in [-0.05, 0) is 35.7 Å². The Balaban J connectivity index is 1.72. The summed E-state index contributed by atoms with van der Waals surface area (Å²) >= 11 is 0. The van der Waals surface area contributed by atoms with Crippen LogP contribution < -0.4 is 10.5 Å². The Morgan fingerprint density at radius 3 is 2.12 bits per heavy atom. The number of hydrogen-bond donors (Lipinski definition) is 1. The van der Waals surface area contributed by atoms with Crippen molar-refractivity contribution in [3.05, 3.63) is 66.0 Å². The molecule has 3 aromatic rings. The van der Waals surface area contributed by atoms with Crippen LogP contribution in [0.3, 0.4) is 0 Å². The summed E-state index contributed by atoms with van der Waals surface area (Å²) < 4.78 is 41.9. The Hall–Kier alpha value is -3.29. The van der Waals surface area contributed by atoms with Crippen LogP contribution in [0.1, 0.15) is 11.3 Å². The molecule has 2 aromatic carbocycles. The predicted octanol–water partition coefficient (Wildman–Crippen LogP) is 4.22. The molecule has 0 spiro atoms. The van der Waals surface area contributed by atoms with Gasteiger partial charge in [0.05, 0.1) is 18.1 Å². The molecule has 2 N–H and O–H groups in total. The fourth-order valence-electron chi connectivity index (χ4n) is 2.34. The number of hydrogen-bond acceptors (Lipinski definition) is 4. The first-order chi connectivity index (χ1) is 12.3. The summed E-state index contributed by atoms with van der Waals surface area (Å²) in [4.78, 5) is 4.05. The van der Waals surface area contributed by atoms with Crippen LogP contribution in [0.4, 0.5) is 19.1 Å². The maximum absolute atomic E-state index is 12.2.